The van der Waals surface area contributed by atoms with Gasteiger partial charge in [0.05, 0.1) is 25.1 Å². The van der Waals surface area contributed by atoms with Gasteiger partial charge in [-0.05, 0) is 31.5 Å². The topological polar surface area (TPSA) is 82.4 Å². The van der Waals surface area contributed by atoms with Gasteiger partial charge in [0.1, 0.15) is 5.75 Å². The van der Waals surface area contributed by atoms with E-state index in [0.29, 0.717) is 19.6 Å². The molecule has 30 heavy (non-hydrogen) atoms. The third-order valence-electron chi connectivity index (χ3n) is 5.19. The van der Waals surface area contributed by atoms with E-state index in [1.54, 1.807) is 4.90 Å². The van der Waals surface area contributed by atoms with E-state index in [-0.39, 0.29) is 37.1 Å². The average Bonchev–Trinajstić information content (AvgIpc) is 2.74. The van der Waals surface area contributed by atoms with Gasteiger partial charge in [0.25, 0.3) is 0 Å². The quantitative estimate of drug-likeness (QED) is 0.756. The second-order valence-electron chi connectivity index (χ2n) is 7.55. The third kappa shape index (κ3) is 5.18. The molecule has 2 amide bonds. The van der Waals surface area contributed by atoms with E-state index in [2.05, 4.69) is 23.5 Å². The number of fused-ring (bicyclic) bond motifs is 1. The highest BCUT2D eigenvalue weighted by molar-refractivity contribution is 5.95. The summed E-state index contributed by atoms with van der Waals surface area (Å²) in [4.78, 5) is 26.9. The highest BCUT2D eigenvalue weighted by Crippen LogP contribution is 2.35. The first-order valence-electron chi connectivity index (χ1n) is 10.2. The number of anilines is 1. The lowest BCUT2D eigenvalue weighted by atomic mass is 9.95. The van der Waals surface area contributed by atoms with Crippen LogP contribution in [-0.4, -0.2) is 25.0 Å². The van der Waals surface area contributed by atoms with Crippen molar-refractivity contribution in [3.8, 4) is 11.8 Å². The van der Waals surface area contributed by atoms with Crippen LogP contribution < -0.4 is 15.0 Å². The lowest BCUT2D eigenvalue weighted by Crippen LogP contribution is -2.35. The van der Waals surface area contributed by atoms with Crippen molar-refractivity contribution < 1.29 is 14.3 Å². The molecule has 0 fully saturated rings. The monoisotopic (exact) mass is 405 g/mol. The van der Waals surface area contributed by atoms with Gasteiger partial charge in [-0.3, -0.25) is 9.59 Å². The molecule has 0 aromatic heterocycles. The lowest BCUT2D eigenvalue weighted by molar-refractivity contribution is -0.125. The van der Waals surface area contributed by atoms with Crippen molar-refractivity contribution in [3.63, 3.8) is 0 Å². The number of aryl methyl sites for hydroxylation is 2. The standard InChI is InChI=1S/C24H27N3O3/c1-17-15-18(2)24-20(16-17)21(11-14-30-24)26-22(28)9-10-23(29)27(13-6-12-25)19-7-4-3-5-8-19/h3-5,7-8,15-16,21H,6,9-11,13-14H2,1-2H3,(H,26,28). The molecular weight excluding hydrogens is 378 g/mol. The summed E-state index contributed by atoms with van der Waals surface area (Å²) in [6.07, 6.45) is 1.14. The molecule has 0 saturated carbocycles. The van der Waals surface area contributed by atoms with Crippen molar-refractivity contribution in [3.05, 3.63) is 59.2 Å². The number of hydrogen-bond acceptors (Lipinski definition) is 4. The number of nitriles is 1. The summed E-state index contributed by atoms with van der Waals surface area (Å²) in [6.45, 7) is 4.90. The lowest BCUT2D eigenvalue weighted by Gasteiger charge is -2.28. The van der Waals surface area contributed by atoms with Gasteiger partial charge >= 0.3 is 0 Å². The molecule has 1 heterocycles. The van der Waals surface area contributed by atoms with E-state index < -0.39 is 0 Å². The van der Waals surface area contributed by atoms with Crippen LogP contribution in [0.1, 0.15) is 48.4 Å². The number of rotatable bonds is 7. The summed E-state index contributed by atoms with van der Waals surface area (Å²) in [6, 6.07) is 15.3. The molecule has 3 rings (SSSR count). The van der Waals surface area contributed by atoms with E-state index in [9.17, 15) is 9.59 Å². The van der Waals surface area contributed by atoms with Gasteiger partial charge in [-0.25, -0.2) is 0 Å². The molecule has 1 aliphatic heterocycles. The zero-order valence-corrected chi connectivity index (χ0v) is 17.5. The fourth-order valence-corrected chi connectivity index (χ4v) is 3.82. The minimum absolute atomic E-state index is 0.0923. The molecule has 156 valence electrons. The number of nitrogens with one attached hydrogen (secondary N) is 1. The van der Waals surface area contributed by atoms with Gasteiger partial charge in [-0.2, -0.15) is 5.26 Å². The Kier molecular flexibility index (Phi) is 7.08. The normalized spacial score (nSPS) is 14.8. The number of amides is 2. The van der Waals surface area contributed by atoms with Crippen LogP contribution in [0.15, 0.2) is 42.5 Å². The molecule has 6 heteroatoms. The maximum absolute atomic E-state index is 12.8. The van der Waals surface area contributed by atoms with Crippen molar-refractivity contribution in [2.45, 2.75) is 45.6 Å². The van der Waals surface area contributed by atoms with Gasteiger partial charge in [-0.15, -0.1) is 0 Å². The molecule has 0 bridgehead atoms. The molecule has 1 aliphatic rings. The SMILES string of the molecule is Cc1cc(C)c2c(c1)C(NC(=O)CCC(=O)N(CCC#N)c1ccccc1)CCO2. The first-order valence-corrected chi connectivity index (χ1v) is 10.2. The van der Waals surface area contributed by atoms with Crippen molar-refractivity contribution in [2.24, 2.45) is 0 Å². The average molecular weight is 405 g/mol. The number of carbonyl (C=O) groups is 2. The Hall–Kier alpha value is -3.33. The highest BCUT2D eigenvalue weighted by Gasteiger charge is 2.25. The minimum Gasteiger partial charge on any atom is -0.493 e. The number of hydrogen-bond donors (Lipinski definition) is 1. The number of carbonyl (C=O) groups excluding carboxylic acids is 2. The Labute approximate surface area is 177 Å². The summed E-state index contributed by atoms with van der Waals surface area (Å²) in [5.41, 5.74) is 3.93. The van der Waals surface area contributed by atoms with Crippen LogP contribution in [0.4, 0.5) is 5.69 Å². The number of benzene rings is 2. The molecule has 6 nitrogen and oxygen atoms in total. The Balaban J connectivity index is 1.62. The molecule has 2 aromatic carbocycles. The van der Waals surface area contributed by atoms with Gasteiger partial charge in [0, 0.05) is 37.1 Å². The third-order valence-corrected chi connectivity index (χ3v) is 5.19. The molecule has 0 spiro atoms. The first-order chi connectivity index (χ1) is 14.5. The predicted octanol–water partition coefficient (Wildman–Crippen LogP) is 3.97. The van der Waals surface area contributed by atoms with Crippen LogP contribution in [0.25, 0.3) is 0 Å². The Morgan fingerprint density at radius 2 is 1.97 bits per heavy atom. The van der Waals surface area contributed by atoms with E-state index in [4.69, 9.17) is 10.00 Å². The molecule has 1 N–H and O–H groups in total. The molecule has 0 aliphatic carbocycles. The Bertz CT molecular complexity index is 950. The van der Waals surface area contributed by atoms with Crippen LogP contribution in [0.3, 0.4) is 0 Å². The second-order valence-corrected chi connectivity index (χ2v) is 7.55. The fraction of sp³-hybridized carbons (Fsp3) is 0.375. The van der Waals surface area contributed by atoms with Crippen LogP contribution in [0.2, 0.25) is 0 Å². The zero-order chi connectivity index (χ0) is 21.5. The van der Waals surface area contributed by atoms with Gasteiger partial charge in [0.2, 0.25) is 11.8 Å². The van der Waals surface area contributed by atoms with Crippen molar-refractivity contribution in [1.29, 1.82) is 5.26 Å². The van der Waals surface area contributed by atoms with Crippen molar-refractivity contribution >= 4 is 17.5 Å². The second kappa shape index (κ2) is 9.93. The molecule has 0 radical (unpaired) electrons. The van der Waals surface area contributed by atoms with Gasteiger partial charge in [0.15, 0.2) is 0 Å². The fourth-order valence-electron chi connectivity index (χ4n) is 3.82. The predicted molar refractivity (Wildman–Crippen MR) is 115 cm³/mol. The minimum atomic E-state index is -0.161. The summed E-state index contributed by atoms with van der Waals surface area (Å²) in [5, 5.41) is 12.0. The highest BCUT2D eigenvalue weighted by atomic mass is 16.5. The van der Waals surface area contributed by atoms with Gasteiger partial charge < -0.3 is 15.0 Å². The van der Waals surface area contributed by atoms with E-state index >= 15 is 0 Å². The maximum atomic E-state index is 12.8. The van der Waals surface area contributed by atoms with E-state index in [0.717, 1.165) is 28.1 Å². The number of ether oxygens (including phenoxy) is 1. The zero-order valence-electron chi connectivity index (χ0n) is 17.5. The smallest absolute Gasteiger partial charge is 0.227 e. The Morgan fingerprint density at radius 1 is 1.20 bits per heavy atom. The van der Waals surface area contributed by atoms with E-state index in [1.165, 1.54) is 0 Å². The van der Waals surface area contributed by atoms with Crippen molar-refractivity contribution in [2.75, 3.05) is 18.1 Å². The summed E-state index contributed by atoms with van der Waals surface area (Å²) >= 11 is 0. The van der Waals surface area contributed by atoms with E-state index in [1.807, 2.05) is 44.2 Å². The summed E-state index contributed by atoms with van der Waals surface area (Å²) < 4.78 is 5.80. The summed E-state index contributed by atoms with van der Waals surface area (Å²) in [5.74, 6) is 0.527. The molecule has 0 saturated heterocycles. The van der Waals surface area contributed by atoms with Gasteiger partial charge in [-0.1, -0.05) is 35.9 Å². The van der Waals surface area contributed by atoms with Crippen LogP contribution in [0.5, 0.6) is 5.75 Å². The van der Waals surface area contributed by atoms with Crippen molar-refractivity contribution in [1.82, 2.24) is 5.32 Å². The van der Waals surface area contributed by atoms with Crippen LogP contribution >= 0.6 is 0 Å². The number of nitrogens with zero attached hydrogens (tertiary/aromatic N) is 2. The largest absolute Gasteiger partial charge is 0.493 e. The first kappa shape index (κ1) is 21.4. The number of para-hydroxylation sites is 1. The maximum Gasteiger partial charge on any atom is 0.227 e. The Morgan fingerprint density at radius 3 is 2.70 bits per heavy atom. The molecular formula is C24H27N3O3. The molecule has 1 unspecified atom stereocenters. The molecule has 2 aromatic rings. The van der Waals surface area contributed by atoms with Crippen LogP contribution in [0, 0.1) is 25.2 Å². The molecule has 1 atom stereocenters. The van der Waals surface area contributed by atoms with Crippen LogP contribution in [-0.2, 0) is 9.59 Å². The summed E-state index contributed by atoms with van der Waals surface area (Å²) in [7, 11) is 0.